The van der Waals surface area contributed by atoms with Crippen molar-refractivity contribution in [2.24, 2.45) is 0 Å². The van der Waals surface area contributed by atoms with Crippen molar-refractivity contribution in [3.63, 3.8) is 0 Å². The van der Waals surface area contributed by atoms with Gasteiger partial charge in [-0.1, -0.05) is 66.7 Å². The molecule has 0 saturated carbocycles. The Hall–Kier alpha value is -4.79. The Labute approximate surface area is 194 Å². The molecule has 0 aliphatic carbocycles. The van der Waals surface area contributed by atoms with E-state index >= 15 is 0 Å². The van der Waals surface area contributed by atoms with Crippen molar-refractivity contribution in [3.8, 4) is 5.69 Å². The number of carbonyl (C=O) groups is 3. The van der Waals surface area contributed by atoms with Crippen LogP contribution in [-0.2, 0) is 16.1 Å². The Bertz CT molecular complexity index is 1400. The maximum atomic E-state index is 12.9. The average molecular weight is 456 g/mol. The van der Waals surface area contributed by atoms with Gasteiger partial charge in [-0.15, -0.1) is 0 Å². The van der Waals surface area contributed by atoms with E-state index in [1.165, 1.54) is 0 Å². The first-order chi connectivity index (χ1) is 16.5. The summed E-state index contributed by atoms with van der Waals surface area (Å²) >= 11 is 0. The van der Waals surface area contributed by atoms with Gasteiger partial charge in [0, 0.05) is 11.9 Å². The van der Waals surface area contributed by atoms with Crippen LogP contribution < -0.4 is 16.2 Å². The quantitative estimate of drug-likeness (QED) is 0.431. The molecule has 0 aliphatic heterocycles. The van der Waals surface area contributed by atoms with Gasteiger partial charge >= 0.3 is 12.0 Å². The fraction of sp³-hybridized carbons (Fsp3) is 0.0800. The number of carbonyl (C=O) groups excluding carboxylic acids is 3. The van der Waals surface area contributed by atoms with Crippen LogP contribution in [0.4, 0.5) is 4.79 Å². The minimum atomic E-state index is -0.902. The predicted molar refractivity (Wildman–Crippen MR) is 124 cm³/mol. The lowest BCUT2D eigenvalue weighted by Gasteiger charge is -2.11. The number of aromatic nitrogens is 2. The lowest BCUT2D eigenvalue weighted by molar-refractivity contribution is -0.123. The Morgan fingerprint density at radius 3 is 2.15 bits per heavy atom. The summed E-state index contributed by atoms with van der Waals surface area (Å²) in [7, 11) is 0. The molecule has 1 aromatic heterocycles. The molecule has 0 radical (unpaired) electrons. The third-order valence-electron chi connectivity index (χ3n) is 4.88. The molecule has 0 bridgehead atoms. The lowest BCUT2D eigenvalue weighted by atomic mass is 10.1. The standard InChI is InChI=1S/C25H20N4O5/c30-21(27-25(33)26-15-17-9-3-1-4-10-17)16-34-24(32)22-19-13-7-8-14-20(19)23(31)29(28-22)18-11-5-2-6-12-18/h1-14H,15-16H2,(H2,26,27,30,33). The second kappa shape index (κ2) is 10.2. The number of nitrogens with one attached hydrogen (secondary N) is 2. The summed E-state index contributed by atoms with van der Waals surface area (Å²) < 4.78 is 6.19. The number of hydrogen-bond donors (Lipinski definition) is 2. The molecule has 3 amide bonds. The van der Waals surface area contributed by atoms with E-state index < -0.39 is 30.1 Å². The molecule has 9 heteroatoms. The van der Waals surface area contributed by atoms with E-state index in [1.54, 1.807) is 54.6 Å². The number of nitrogens with zero attached hydrogens (tertiary/aromatic N) is 2. The van der Waals surface area contributed by atoms with Gasteiger partial charge < -0.3 is 10.1 Å². The van der Waals surface area contributed by atoms with Crippen molar-refractivity contribution < 1.29 is 19.1 Å². The summed E-state index contributed by atoms with van der Waals surface area (Å²) in [6.45, 7) is -0.464. The van der Waals surface area contributed by atoms with Gasteiger partial charge in [-0.2, -0.15) is 9.78 Å². The van der Waals surface area contributed by atoms with Gasteiger partial charge in [0.15, 0.2) is 12.3 Å². The summed E-state index contributed by atoms with van der Waals surface area (Å²) in [6.07, 6.45) is 0. The Morgan fingerprint density at radius 1 is 0.824 bits per heavy atom. The van der Waals surface area contributed by atoms with Gasteiger partial charge in [-0.3, -0.25) is 14.9 Å². The van der Waals surface area contributed by atoms with Crippen molar-refractivity contribution >= 4 is 28.7 Å². The molecule has 1 heterocycles. The molecule has 0 fully saturated rings. The van der Waals surface area contributed by atoms with Crippen LogP contribution in [0.3, 0.4) is 0 Å². The molecular formula is C25H20N4O5. The number of fused-ring (bicyclic) bond motifs is 1. The minimum Gasteiger partial charge on any atom is -0.451 e. The Kier molecular flexibility index (Phi) is 6.73. The number of rotatable bonds is 6. The Morgan fingerprint density at radius 2 is 1.44 bits per heavy atom. The van der Waals surface area contributed by atoms with Gasteiger partial charge in [-0.05, 0) is 23.8 Å². The molecule has 2 N–H and O–H groups in total. The number of ether oxygens (including phenoxy) is 1. The smallest absolute Gasteiger partial charge is 0.359 e. The predicted octanol–water partition coefficient (Wildman–Crippen LogP) is 2.57. The third-order valence-corrected chi connectivity index (χ3v) is 4.88. The van der Waals surface area contributed by atoms with Crippen LogP contribution in [-0.4, -0.2) is 34.3 Å². The second-order valence-electron chi connectivity index (χ2n) is 7.24. The van der Waals surface area contributed by atoms with E-state index in [0.29, 0.717) is 11.1 Å². The van der Waals surface area contributed by atoms with E-state index in [-0.39, 0.29) is 17.6 Å². The minimum absolute atomic E-state index is 0.125. The number of urea groups is 1. The zero-order valence-corrected chi connectivity index (χ0v) is 17.9. The molecule has 0 aliphatic rings. The largest absolute Gasteiger partial charge is 0.451 e. The number of esters is 1. The molecule has 4 rings (SSSR count). The van der Waals surface area contributed by atoms with Crippen molar-refractivity contribution in [2.75, 3.05) is 6.61 Å². The molecule has 4 aromatic rings. The molecular weight excluding hydrogens is 436 g/mol. The van der Waals surface area contributed by atoms with E-state index in [4.69, 9.17) is 4.74 Å². The van der Waals surface area contributed by atoms with Gasteiger partial charge in [-0.25, -0.2) is 9.59 Å². The number of amides is 3. The summed E-state index contributed by atoms with van der Waals surface area (Å²) in [6, 6.07) is 23.6. The number of imide groups is 1. The molecule has 3 aromatic carbocycles. The maximum Gasteiger partial charge on any atom is 0.359 e. The van der Waals surface area contributed by atoms with Crippen molar-refractivity contribution in [2.45, 2.75) is 6.54 Å². The molecule has 34 heavy (non-hydrogen) atoms. The first kappa shape index (κ1) is 22.4. The molecule has 0 unspecified atom stereocenters. The van der Waals surface area contributed by atoms with Crippen LogP contribution in [0.15, 0.2) is 89.7 Å². The summed E-state index contributed by atoms with van der Waals surface area (Å²) in [5, 5.41) is 9.41. The van der Waals surface area contributed by atoms with Gasteiger partial charge in [0.05, 0.1) is 11.1 Å². The zero-order valence-electron chi connectivity index (χ0n) is 17.9. The fourth-order valence-electron chi connectivity index (χ4n) is 3.27. The third kappa shape index (κ3) is 5.16. The highest BCUT2D eigenvalue weighted by molar-refractivity contribution is 6.03. The zero-order chi connectivity index (χ0) is 23.9. The van der Waals surface area contributed by atoms with Gasteiger partial charge in [0.1, 0.15) is 0 Å². The normalized spacial score (nSPS) is 10.5. The average Bonchev–Trinajstić information content (AvgIpc) is 2.87. The lowest BCUT2D eigenvalue weighted by Crippen LogP contribution is -2.41. The van der Waals surface area contributed by atoms with Crippen LogP contribution >= 0.6 is 0 Å². The molecule has 0 spiro atoms. The van der Waals surface area contributed by atoms with Crippen LogP contribution in [0.2, 0.25) is 0 Å². The van der Waals surface area contributed by atoms with E-state index in [0.717, 1.165) is 10.2 Å². The summed E-state index contributed by atoms with van der Waals surface area (Å²) in [5.41, 5.74) is 0.815. The summed E-state index contributed by atoms with van der Waals surface area (Å²) in [5.74, 6) is -1.71. The summed E-state index contributed by atoms with van der Waals surface area (Å²) in [4.78, 5) is 49.7. The van der Waals surface area contributed by atoms with Crippen LogP contribution in [0.5, 0.6) is 0 Å². The Balaban J connectivity index is 1.45. The van der Waals surface area contributed by atoms with Crippen molar-refractivity contribution in [1.82, 2.24) is 20.4 Å². The first-order valence-electron chi connectivity index (χ1n) is 10.4. The molecule has 9 nitrogen and oxygen atoms in total. The van der Waals surface area contributed by atoms with Crippen molar-refractivity contribution in [3.05, 3.63) is 107 Å². The topological polar surface area (TPSA) is 119 Å². The highest BCUT2D eigenvalue weighted by atomic mass is 16.5. The second-order valence-corrected chi connectivity index (χ2v) is 7.24. The maximum absolute atomic E-state index is 12.9. The molecule has 170 valence electrons. The van der Waals surface area contributed by atoms with Crippen LogP contribution in [0.25, 0.3) is 16.5 Å². The van der Waals surface area contributed by atoms with Gasteiger partial charge in [0.25, 0.3) is 11.5 Å². The van der Waals surface area contributed by atoms with Crippen molar-refractivity contribution in [1.29, 1.82) is 0 Å². The van der Waals surface area contributed by atoms with E-state index in [9.17, 15) is 19.2 Å². The van der Waals surface area contributed by atoms with E-state index in [2.05, 4.69) is 15.7 Å². The van der Waals surface area contributed by atoms with Crippen LogP contribution in [0, 0.1) is 0 Å². The highest BCUT2D eigenvalue weighted by Crippen LogP contribution is 2.16. The van der Waals surface area contributed by atoms with Gasteiger partial charge in [0.2, 0.25) is 0 Å². The molecule has 0 saturated heterocycles. The van der Waals surface area contributed by atoms with E-state index in [1.807, 2.05) is 30.3 Å². The molecule has 0 atom stereocenters. The first-order valence-corrected chi connectivity index (χ1v) is 10.4. The number of para-hydroxylation sites is 1. The fourth-order valence-corrected chi connectivity index (χ4v) is 3.27. The van der Waals surface area contributed by atoms with Crippen LogP contribution in [0.1, 0.15) is 16.1 Å². The monoisotopic (exact) mass is 456 g/mol. The number of benzene rings is 3. The highest BCUT2D eigenvalue weighted by Gasteiger charge is 2.20. The number of hydrogen-bond acceptors (Lipinski definition) is 6. The SMILES string of the molecule is O=C(COC(=O)c1nn(-c2ccccc2)c(=O)c2ccccc12)NC(=O)NCc1ccccc1.